The summed E-state index contributed by atoms with van der Waals surface area (Å²) >= 11 is 0. The zero-order valence-corrected chi connectivity index (χ0v) is 18.7. The van der Waals surface area contributed by atoms with Crippen molar-refractivity contribution >= 4 is 5.91 Å². The van der Waals surface area contributed by atoms with Gasteiger partial charge in [0.2, 0.25) is 5.91 Å². The number of amides is 1. The fraction of sp³-hybridized carbons (Fsp3) is 0.560. The van der Waals surface area contributed by atoms with E-state index in [4.69, 9.17) is 5.26 Å². The smallest absolute Gasteiger partial charge is 0.222 e. The number of hydrogen-bond donors (Lipinski definition) is 0. The molecule has 0 radical (unpaired) electrons. The summed E-state index contributed by atoms with van der Waals surface area (Å²) in [5, 5.41) is 13.3. The number of aromatic nitrogens is 2. The summed E-state index contributed by atoms with van der Waals surface area (Å²) in [4.78, 5) is 14.8. The van der Waals surface area contributed by atoms with Gasteiger partial charge in [0.05, 0.1) is 24.7 Å². The van der Waals surface area contributed by atoms with E-state index in [-0.39, 0.29) is 5.91 Å². The van der Waals surface area contributed by atoms with Crippen LogP contribution in [-0.4, -0.2) is 33.7 Å². The number of benzene rings is 1. The Morgan fingerprint density at radius 2 is 1.83 bits per heavy atom. The lowest BCUT2D eigenvalue weighted by Crippen LogP contribution is -2.38. The molecule has 5 nitrogen and oxygen atoms in total. The van der Waals surface area contributed by atoms with E-state index in [2.05, 4.69) is 42.4 Å². The molecule has 2 aromatic rings. The first-order valence-corrected chi connectivity index (χ1v) is 11.2. The molecule has 1 saturated heterocycles. The highest BCUT2D eigenvalue weighted by Crippen LogP contribution is 2.24. The van der Waals surface area contributed by atoms with E-state index in [9.17, 15) is 4.79 Å². The lowest BCUT2D eigenvalue weighted by molar-refractivity contribution is -0.132. The van der Waals surface area contributed by atoms with E-state index < -0.39 is 0 Å². The fourth-order valence-corrected chi connectivity index (χ4v) is 4.46. The minimum atomic E-state index is 0.260. The molecule has 1 aliphatic heterocycles. The maximum atomic E-state index is 12.7. The second kappa shape index (κ2) is 10.4. The Labute approximate surface area is 180 Å². The maximum Gasteiger partial charge on any atom is 0.222 e. The summed E-state index contributed by atoms with van der Waals surface area (Å²) in [6, 6.07) is 11.0. The second-order valence-corrected chi connectivity index (χ2v) is 8.63. The molecule has 0 saturated carbocycles. The molecule has 160 valence electrons. The van der Waals surface area contributed by atoms with Crippen molar-refractivity contribution in [1.29, 1.82) is 5.26 Å². The van der Waals surface area contributed by atoms with Crippen molar-refractivity contribution in [2.75, 3.05) is 13.1 Å². The summed E-state index contributed by atoms with van der Waals surface area (Å²) in [6.45, 7) is 8.55. The van der Waals surface area contributed by atoms with Crippen molar-refractivity contribution < 1.29 is 4.79 Å². The fourth-order valence-electron chi connectivity index (χ4n) is 4.46. The number of aryl methyl sites for hydroxylation is 4. The Kier molecular flexibility index (Phi) is 7.68. The van der Waals surface area contributed by atoms with E-state index in [0.717, 1.165) is 61.6 Å². The van der Waals surface area contributed by atoms with Crippen molar-refractivity contribution in [3.05, 3.63) is 52.3 Å². The third-order valence-corrected chi connectivity index (χ3v) is 6.48. The van der Waals surface area contributed by atoms with Gasteiger partial charge in [-0.1, -0.05) is 29.8 Å². The number of carbonyl (C=O) groups excluding carboxylic acids is 1. The number of nitrogens with zero attached hydrogens (tertiary/aromatic N) is 4. The van der Waals surface area contributed by atoms with Gasteiger partial charge in [-0.05, 0) is 69.9 Å². The van der Waals surface area contributed by atoms with Crippen LogP contribution in [0, 0.1) is 38.0 Å². The van der Waals surface area contributed by atoms with Crippen molar-refractivity contribution in [2.24, 2.45) is 5.92 Å². The minimum absolute atomic E-state index is 0.260. The van der Waals surface area contributed by atoms with Crippen LogP contribution in [0.2, 0.25) is 0 Å². The van der Waals surface area contributed by atoms with Gasteiger partial charge in [0.1, 0.15) is 0 Å². The van der Waals surface area contributed by atoms with Gasteiger partial charge < -0.3 is 4.90 Å². The van der Waals surface area contributed by atoms with Crippen LogP contribution >= 0.6 is 0 Å². The number of nitriles is 1. The molecule has 0 bridgehead atoms. The van der Waals surface area contributed by atoms with E-state index in [1.54, 1.807) is 0 Å². The zero-order chi connectivity index (χ0) is 21.5. The third kappa shape index (κ3) is 5.72. The summed E-state index contributed by atoms with van der Waals surface area (Å²) in [6.07, 6.45) is 6.30. The highest BCUT2D eigenvalue weighted by molar-refractivity contribution is 5.76. The molecule has 0 atom stereocenters. The molecule has 1 aliphatic rings. The average molecular weight is 407 g/mol. The van der Waals surface area contributed by atoms with Crippen molar-refractivity contribution in [2.45, 2.75) is 72.3 Å². The Balaban J connectivity index is 1.43. The number of carbonyl (C=O) groups is 1. The topological polar surface area (TPSA) is 61.9 Å². The van der Waals surface area contributed by atoms with Crippen LogP contribution in [0.1, 0.15) is 60.2 Å². The Hall–Kier alpha value is -2.61. The molecule has 30 heavy (non-hydrogen) atoms. The third-order valence-electron chi connectivity index (χ3n) is 6.48. The predicted molar refractivity (Wildman–Crippen MR) is 119 cm³/mol. The Bertz CT molecular complexity index is 883. The van der Waals surface area contributed by atoms with Gasteiger partial charge >= 0.3 is 0 Å². The Morgan fingerprint density at radius 1 is 1.13 bits per heavy atom. The minimum Gasteiger partial charge on any atom is -0.343 e. The summed E-state index contributed by atoms with van der Waals surface area (Å²) in [5.74, 6) is 0.980. The number of hydrogen-bond acceptors (Lipinski definition) is 3. The summed E-state index contributed by atoms with van der Waals surface area (Å²) in [5.41, 5.74) is 5.96. The molecule has 0 N–H and O–H groups in total. The van der Waals surface area contributed by atoms with E-state index in [1.165, 1.54) is 17.5 Å². The predicted octanol–water partition coefficient (Wildman–Crippen LogP) is 4.53. The van der Waals surface area contributed by atoms with Crippen molar-refractivity contribution in [3.8, 4) is 6.07 Å². The van der Waals surface area contributed by atoms with Gasteiger partial charge in [0.15, 0.2) is 0 Å². The van der Waals surface area contributed by atoms with Crippen LogP contribution < -0.4 is 0 Å². The van der Waals surface area contributed by atoms with Gasteiger partial charge in [-0.3, -0.25) is 9.48 Å². The van der Waals surface area contributed by atoms with Gasteiger partial charge in [-0.2, -0.15) is 10.4 Å². The highest BCUT2D eigenvalue weighted by atomic mass is 16.2. The summed E-state index contributed by atoms with van der Waals surface area (Å²) in [7, 11) is 0. The number of piperidine rings is 1. The molecule has 3 rings (SSSR count). The maximum absolute atomic E-state index is 12.7. The molecule has 1 amide bonds. The van der Waals surface area contributed by atoms with Crippen LogP contribution in [0.3, 0.4) is 0 Å². The molecule has 2 heterocycles. The van der Waals surface area contributed by atoms with Crippen LogP contribution in [0.25, 0.3) is 0 Å². The molecule has 0 unspecified atom stereocenters. The zero-order valence-electron chi connectivity index (χ0n) is 18.7. The first-order valence-electron chi connectivity index (χ1n) is 11.2. The molecule has 1 fully saturated rings. The van der Waals surface area contributed by atoms with Crippen LogP contribution in [0.5, 0.6) is 0 Å². The van der Waals surface area contributed by atoms with Crippen LogP contribution in [0.15, 0.2) is 24.3 Å². The molecular weight excluding hydrogens is 372 g/mol. The molecule has 0 aliphatic carbocycles. The highest BCUT2D eigenvalue weighted by Gasteiger charge is 2.23. The molecule has 1 aromatic heterocycles. The lowest BCUT2D eigenvalue weighted by atomic mass is 9.90. The first-order chi connectivity index (χ1) is 14.5. The van der Waals surface area contributed by atoms with Crippen molar-refractivity contribution in [3.63, 3.8) is 0 Å². The van der Waals surface area contributed by atoms with E-state index >= 15 is 0 Å². The molecule has 0 spiro atoms. The monoisotopic (exact) mass is 406 g/mol. The lowest BCUT2D eigenvalue weighted by Gasteiger charge is -2.32. The SMILES string of the molecule is Cc1ccc(CCC2CCN(C(=O)CCc3c(C)nn(CCC#N)c3C)CC2)cc1. The normalized spacial score (nSPS) is 14.7. The van der Waals surface area contributed by atoms with Gasteiger partial charge in [-0.25, -0.2) is 0 Å². The van der Waals surface area contributed by atoms with Crippen LogP contribution in [0.4, 0.5) is 0 Å². The molecular formula is C25H34N4O. The van der Waals surface area contributed by atoms with E-state index in [0.29, 0.717) is 19.4 Å². The molecule has 5 heteroatoms. The average Bonchev–Trinajstić information content (AvgIpc) is 3.03. The molecule has 1 aromatic carbocycles. The van der Waals surface area contributed by atoms with E-state index in [1.807, 2.05) is 23.4 Å². The van der Waals surface area contributed by atoms with Gasteiger partial charge in [0.25, 0.3) is 0 Å². The number of likely N-dealkylation sites (tertiary alicyclic amines) is 1. The quantitative estimate of drug-likeness (QED) is 0.647. The standard InChI is InChI=1S/C25H34N4O/c1-19-5-7-22(8-6-19)9-10-23-13-17-28(18-14-23)25(30)12-11-24-20(2)27-29(21(24)3)16-4-15-26/h5-8,23H,4,9-14,16-18H2,1-3H3. The van der Waals surface area contributed by atoms with Crippen molar-refractivity contribution in [1.82, 2.24) is 14.7 Å². The Morgan fingerprint density at radius 3 is 2.50 bits per heavy atom. The summed E-state index contributed by atoms with van der Waals surface area (Å²) < 4.78 is 1.90. The largest absolute Gasteiger partial charge is 0.343 e. The van der Waals surface area contributed by atoms with Gasteiger partial charge in [0, 0.05) is 25.2 Å². The van der Waals surface area contributed by atoms with Gasteiger partial charge in [-0.15, -0.1) is 0 Å². The van der Waals surface area contributed by atoms with Crippen LogP contribution in [-0.2, 0) is 24.2 Å². The number of rotatable bonds is 8. The second-order valence-electron chi connectivity index (χ2n) is 8.63. The first kappa shape index (κ1) is 22.1.